The number of aromatic nitrogens is 4. The zero-order chi connectivity index (χ0) is 23.9. The Morgan fingerprint density at radius 2 is 1.71 bits per heavy atom. The first-order valence-electron chi connectivity index (χ1n) is 10.8. The lowest BCUT2D eigenvalue weighted by Gasteiger charge is -2.20. The number of benzene rings is 3. The second-order valence-electron chi connectivity index (χ2n) is 8.07. The normalized spacial score (nSPS) is 11.9. The highest BCUT2D eigenvalue weighted by molar-refractivity contribution is 7.91. The van der Waals surface area contributed by atoms with Crippen molar-refractivity contribution in [2.45, 2.75) is 29.8 Å². The van der Waals surface area contributed by atoms with Crippen molar-refractivity contribution in [2.75, 3.05) is 11.9 Å². The van der Waals surface area contributed by atoms with Crippen LogP contribution >= 0.6 is 11.6 Å². The molecule has 34 heavy (non-hydrogen) atoms. The van der Waals surface area contributed by atoms with Crippen LogP contribution in [0.25, 0.3) is 16.6 Å². The second-order valence-corrected chi connectivity index (χ2v) is 10.4. The molecule has 0 aliphatic rings. The molecule has 7 nitrogen and oxygen atoms in total. The molecular weight excluding hydrogens is 470 g/mol. The quantitative estimate of drug-likeness (QED) is 0.334. The molecule has 2 heterocycles. The van der Waals surface area contributed by atoms with Crippen molar-refractivity contribution in [1.29, 1.82) is 0 Å². The molecule has 0 fully saturated rings. The van der Waals surface area contributed by atoms with E-state index in [4.69, 9.17) is 16.6 Å². The van der Waals surface area contributed by atoms with Gasteiger partial charge in [-0.15, -0.1) is 5.10 Å². The van der Waals surface area contributed by atoms with E-state index in [1.54, 1.807) is 30.3 Å². The summed E-state index contributed by atoms with van der Waals surface area (Å²) in [4.78, 5) is 6.87. The van der Waals surface area contributed by atoms with Crippen molar-refractivity contribution >= 4 is 43.8 Å². The van der Waals surface area contributed by atoms with Crippen LogP contribution in [0.1, 0.15) is 18.1 Å². The van der Waals surface area contributed by atoms with Crippen molar-refractivity contribution in [1.82, 2.24) is 19.8 Å². The van der Waals surface area contributed by atoms with Crippen LogP contribution in [0.4, 0.5) is 5.82 Å². The zero-order valence-corrected chi connectivity index (χ0v) is 20.3. The van der Waals surface area contributed by atoms with E-state index in [0.717, 1.165) is 22.9 Å². The minimum atomic E-state index is -3.93. The Kier molecular flexibility index (Phi) is 5.71. The third-order valence-electron chi connectivity index (χ3n) is 5.78. The summed E-state index contributed by atoms with van der Waals surface area (Å²) in [5.74, 6) is 0.592. The molecule has 0 saturated heterocycles. The van der Waals surface area contributed by atoms with Crippen LogP contribution in [0, 0.1) is 0 Å². The largest absolute Gasteiger partial charge is 0.355 e. The Morgan fingerprint density at radius 3 is 2.41 bits per heavy atom. The van der Waals surface area contributed by atoms with Crippen LogP contribution in [0.3, 0.4) is 0 Å². The van der Waals surface area contributed by atoms with Crippen LogP contribution in [0.15, 0.2) is 82.7 Å². The molecule has 0 bridgehead atoms. The van der Waals surface area contributed by atoms with Crippen molar-refractivity contribution in [3.63, 3.8) is 0 Å². The maximum absolute atomic E-state index is 13.5. The molecule has 0 radical (unpaired) electrons. The topological polar surface area (TPSA) is 80.5 Å². The number of sulfone groups is 1. The third kappa shape index (κ3) is 3.89. The highest BCUT2D eigenvalue weighted by atomic mass is 35.5. The monoisotopic (exact) mass is 491 g/mol. The SMILES string of the molecule is CCc1ccc(S(=O)(=O)c2nnn3c2nc(N(C)Cc2ccccc2)c2cc(Cl)ccc23)cc1. The Bertz CT molecular complexity index is 1600. The average molecular weight is 492 g/mol. The van der Waals surface area contributed by atoms with Gasteiger partial charge in [-0.2, -0.15) is 4.52 Å². The molecule has 0 amide bonds. The Hall–Kier alpha value is -3.49. The number of hydrogen-bond acceptors (Lipinski definition) is 6. The number of aryl methyl sites for hydroxylation is 1. The van der Waals surface area contributed by atoms with Crippen LogP contribution in [-0.4, -0.2) is 35.3 Å². The molecule has 0 saturated carbocycles. The molecule has 0 N–H and O–H groups in total. The van der Waals surface area contributed by atoms with Gasteiger partial charge in [-0.05, 0) is 47.9 Å². The van der Waals surface area contributed by atoms with Gasteiger partial charge >= 0.3 is 0 Å². The molecule has 0 atom stereocenters. The van der Waals surface area contributed by atoms with E-state index in [-0.39, 0.29) is 15.6 Å². The van der Waals surface area contributed by atoms with E-state index >= 15 is 0 Å². The second kappa shape index (κ2) is 8.70. The molecule has 0 aliphatic heterocycles. The number of hydrogen-bond donors (Lipinski definition) is 0. The van der Waals surface area contributed by atoms with Crippen molar-refractivity contribution in [3.05, 3.63) is 88.9 Å². The smallest absolute Gasteiger partial charge is 0.229 e. The Morgan fingerprint density at radius 1 is 0.971 bits per heavy atom. The van der Waals surface area contributed by atoms with Gasteiger partial charge in [0.1, 0.15) is 5.82 Å². The van der Waals surface area contributed by atoms with Crippen LogP contribution in [0.5, 0.6) is 0 Å². The van der Waals surface area contributed by atoms with E-state index < -0.39 is 9.84 Å². The first kappa shape index (κ1) is 22.3. The highest BCUT2D eigenvalue weighted by Crippen LogP contribution is 2.31. The summed E-state index contributed by atoms with van der Waals surface area (Å²) in [6.45, 7) is 2.60. The predicted molar refractivity (Wildman–Crippen MR) is 133 cm³/mol. The fourth-order valence-electron chi connectivity index (χ4n) is 3.97. The predicted octanol–water partition coefficient (Wildman–Crippen LogP) is 4.96. The lowest BCUT2D eigenvalue weighted by Crippen LogP contribution is -2.19. The molecule has 3 aromatic carbocycles. The lowest BCUT2D eigenvalue weighted by molar-refractivity contribution is 0.592. The zero-order valence-electron chi connectivity index (χ0n) is 18.7. The Labute approximate surface area is 202 Å². The van der Waals surface area contributed by atoms with Gasteiger partial charge in [-0.25, -0.2) is 13.4 Å². The van der Waals surface area contributed by atoms with Crippen molar-refractivity contribution in [3.8, 4) is 0 Å². The molecule has 0 aliphatic carbocycles. The molecule has 0 spiro atoms. The van der Waals surface area contributed by atoms with E-state index in [0.29, 0.717) is 22.9 Å². The maximum Gasteiger partial charge on any atom is 0.229 e. The van der Waals surface area contributed by atoms with Gasteiger partial charge in [0.05, 0.1) is 10.4 Å². The van der Waals surface area contributed by atoms with Gasteiger partial charge in [0.25, 0.3) is 0 Å². The first-order valence-corrected chi connectivity index (χ1v) is 12.7. The summed E-state index contributed by atoms with van der Waals surface area (Å²) in [7, 11) is -2.02. The summed E-state index contributed by atoms with van der Waals surface area (Å²) in [6.07, 6.45) is 0.822. The van der Waals surface area contributed by atoms with Gasteiger partial charge in [-0.1, -0.05) is 66.2 Å². The minimum absolute atomic E-state index is 0.157. The lowest BCUT2D eigenvalue weighted by atomic mass is 10.2. The van der Waals surface area contributed by atoms with Crippen LogP contribution in [-0.2, 0) is 22.8 Å². The van der Waals surface area contributed by atoms with Gasteiger partial charge in [0.15, 0.2) is 5.65 Å². The summed E-state index contributed by atoms with van der Waals surface area (Å²) >= 11 is 6.30. The number of fused-ring (bicyclic) bond motifs is 3. The minimum Gasteiger partial charge on any atom is -0.355 e. The van der Waals surface area contributed by atoms with Crippen molar-refractivity contribution in [2.24, 2.45) is 0 Å². The van der Waals surface area contributed by atoms with Crippen molar-refractivity contribution < 1.29 is 8.42 Å². The summed E-state index contributed by atoms with van der Waals surface area (Å²) in [5, 5.41) is 9.32. The fraction of sp³-hybridized carbons (Fsp3) is 0.160. The van der Waals surface area contributed by atoms with E-state index in [1.807, 2.05) is 61.3 Å². The summed E-state index contributed by atoms with van der Waals surface area (Å²) in [5.41, 5.74) is 2.99. The van der Waals surface area contributed by atoms with Gasteiger partial charge in [-0.3, -0.25) is 0 Å². The number of anilines is 1. The standard InChI is InChI=1S/C25H22ClN5O2S/c1-3-17-9-12-20(13-10-17)34(32,33)25-24-27-23(30(2)16-18-7-5-4-6-8-18)21-15-19(26)11-14-22(21)31(24)29-28-25/h4-15H,3,16H2,1-2H3. The molecule has 5 rings (SSSR count). The average Bonchev–Trinajstić information content (AvgIpc) is 3.29. The van der Waals surface area contributed by atoms with E-state index in [1.165, 1.54) is 4.52 Å². The fourth-order valence-corrected chi connectivity index (χ4v) is 5.37. The summed E-state index contributed by atoms with van der Waals surface area (Å²) < 4.78 is 28.4. The van der Waals surface area contributed by atoms with Crippen LogP contribution < -0.4 is 4.90 Å². The van der Waals surface area contributed by atoms with Crippen LogP contribution in [0.2, 0.25) is 5.02 Å². The number of halogens is 1. The highest BCUT2D eigenvalue weighted by Gasteiger charge is 2.27. The van der Waals surface area contributed by atoms with Gasteiger partial charge < -0.3 is 4.90 Å². The molecule has 9 heteroatoms. The molecule has 0 unspecified atom stereocenters. The van der Waals surface area contributed by atoms with Gasteiger partial charge in [0, 0.05) is 24.0 Å². The van der Waals surface area contributed by atoms with E-state index in [2.05, 4.69) is 10.3 Å². The van der Waals surface area contributed by atoms with E-state index in [9.17, 15) is 8.42 Å². The van der Waals surface area contributed by atoms with Gasteiger partial charge in [0.2, 0.25) is 14.9 Å². The first-order chi connectivity index (χ1) is 16.4. The summed E-state index contributed by atoms with van der Waals surface area (Å²) in [6, 6.07) is 22.1. The maximum atomic E-state index is 13.5. The number of nitrogens with zero attached hydrogens (tertiary/aromatic N) is 5. The molecule has 2 aromatic heterocycles. The Balaban J connectivity index is 1.70. The third-order valence-corrected chi connectivity index (χ3v) is 7.68. The molecule has 172 valence electrons. The molecular formula is C25H22ClN5O2S. The molecule has 5 aromatic rings. The number of rotatable bonds is 6.